The molecular formula is C24H32N2O4. The van der Waals surface area contributed by atoms with Gasteiger partial charge in [0.1, 0.15) is 0 Å². The van der Waals surface area contributed by atoms with Crippen molar-refractivity contribution in [3.8, 4) is 11.5 Å². The van der Waals surface area contributed by atoms with E-state index in [9.17, 15) is 9.59 Å². The smallest absolute Gasteiger partial charge is 0.313 e. The van der Waals surface area contributed by atoms with E-state index in [1.165, 1.54) is 0 Å². The number of hydrogen-bond donors (Lipinski definition) is 2. The number of anilines is 1. The SMILES string of the molecule is CCOc1ccc(CCNC(=O)C(=O)Nc2ccc(C(C)(C)C)cc2)cc1OCC. The average molecular weight is 413 g/mol. The minimum Gasteiger partial charge on any atom is -0.490 e. The molecule has 0 unspecified atom stereocenters. The van der Waals surface area contributed by atoms with Crippen molar-refractivity contribution in [2.75, 3.05) is 25.1 Å². The third-order valence-corrected chi connectivity index (χ3v) is 4.52. The lowest BCUT2D eigenvalue weighted by Crippen LogP contribution is -2.36. The second-order valence-corrected chi connectivity index (χ2v) is 7.93. The zero-order valence-electron chi connectivity index (χ0n) is 18.5. The summed E-state index contributed by atoms with van der Waals surface area (Å²) >= 11 is 0. The molecule has 0 aliphatic heterocycles. The Morgan fingerprint density at radius 3 is 2.10 bits per heavy atom. The fourth-order valence-corrected chi connectivity index (χ4v) is 2.89. The molecule has 0 saturated carbocycles. The molecule has 0 aliphatic carbocycles. The number of nitrogens with one attached hydrogen (secondary N) is 2. The van der Waals surface area contributed by atoms with Crippen LogP contribution in [0.25, 0.3) is 0 Å². The summed E-state index contributed by atoms with van der Waals surface area (Å²) in [5.74, 6) is 0.0367. The van der Waals surface area contributed by atoms with E-state index in [2.05, 4.69) is 31.4 Å². The Balaban J connectivity index is 1.86. The number of ether oxygens (including phenoxy) is 2. The molecule has 0 saturated heterocycles. The van der Waals surface area contributed by atoms with Gasteiger partial charge in [0, 0.05) is 12.2 Å². The molecule has 6 heteroatoms. The van der Waals surface area contributed by atoms with E-state index in [-0.39, 0.29) is 5.41 Å². The Morgan fingerprint density at radius 1 is 0.867 bits per heavy atom. The molecule has 2 aromatic carbocycles. The first-order valence-corrected chi connectivity index (χ1v) is 10.3. The molecule has 2 aromatic rings. The summed E-state index contributed by atoms with van der Waals surface area (Å²) in [6.07, 6.45) is 0.575. The molecule has 0 atom stereocenters. The lowest BCUT2D eigenvalue weighted by molar-refractivity contribution is -0.136. The molecular weight excluding hydrogens is 380 g/mol. The Bertz CT molecular complexity index is 854. The first-order chi connectivity index (χ1) is 14.2. The van der Waals surface area contributed by atoms with Crippen LogP contribution in [0.1, 0.15) is 45.7 Å². The van der Waals surface area contributed by atoms with Gasteiger partial charge < -0.3 is 20.1 Å². The minimum absolute atomic E-state index is 0.0306. The van der Waals surface area contributed by atoms with Gasteiger partial charge in [0.25, 0.3) is 0 Å². The predicted molar refractivity (Wildman–Crippen MR) is 119 cm³/mol. The van der Waals surface area contributed by atoms with Crippen molar-refractivity contribution in [1.29, 1.82) is 0 Å². The summed E-state index contributed by atoms with van der Waals surface area (Å²) in [5.41, 5.74) is 2.77. The summed E-state index contributed by atoms with van der Waals surface area (Å²) in [6, 6.07) is 13.2. The van der Waals surface area contributed by atoms with Gasteiger partial charge >= 0.3 is 11.8 Å². The summed E-state index contributed by atoms with van der Waals surface area (Å²) in [5, 5.41) is 5.28. The topological polar surface area (TPSA) is 76.7 Å². The fourth-order valence-electron chi connectivity index (χ4n) is 2.89. The molecule has 2 rings (SSSR count). The van der Waals surface area contributed by atoms with E-state index in [4.69, 9.17) is 9.47 Å². The maximum atomic E-state index is 12.1. The number of rotatable bonds is 8. The van der Waals surface area contributed by atoms with Crippen LogP contribution in [0.5, 0.6) is 11.5 Å². The average Bonchev–Trinajstić information content (AvgIpc) is 2.70. The molecule has 162 valence electrons. The number of amides is 2. The van der Waals surface area contributed by atoms with Crippen LogP contribution in [0.3, 0.4) is 0 Å². The van der Waals surface area contributed by atoms with Crippen LogP contribution in [-0.4, -0.2) is 31.6 Å². The molecule has 0 radical (unpaired) electrons. The van der Waals surface area contributed by atoms with Gasteiger partial charge in [0.2, 0.25) is 0 Å². The second-order valence-electron chi connectivity index (χ2n) is 7.93. The Kier molecular flexibility index (Phi) is 8.27. The van der Waals surface area contributed by atoms with Crippen molar-refractivity contribution in [2.24, 2.45) is 0 Å². The lowest BCUT2D eigenvalue weighted by Gasteiger charge is -2.19. The van der Waals surface area contributed by atoms with Gasteiger partial charge in [-0.15, -0.1) is 0 Å². The Morgan fingerprint density at radius 2 is 1.50 bits per heavy atom. The Hall–Kier alpha value is -3.02. The van der Waals surface area contributed by atoms with Crippen LogP contribution in [0.4, 0.5) is 5.69 Å². The number of carbonyl (C=O) groups excluding carboxylic acids is 2. The van der Waals surface area contributed by atoms with Gasteiger partial charge in [0.15, 0.2) is 11.5 Å². The minimum atomic E-state index is -0.680. The first-order valence-electron chi connectivity index (χ1n) is 10.3. The normalized spacial score (nSPS) is 11.0. The highest BCUT2D eigenvalue weighted by atomic mass is 16.5. The molecule has 30 heavy (non-hydrogen) atoms. The monoisotopic (exact) mass is 412 g/mol. The molecule has 0 aromatic heterocycles. The third kappa shape index (κ3) is 6.79. The van der Waals surface area contributed by atoms with Crippen LogP contribution < -0.4 is 20.1 Å². The molecule has 0 spiro atoms. The van der Waals surface area contributed by atoms with Gasteiger partial charge in [-0.1, -0.05) is 39.0 Å². The third-order valence-electron chi connectivity index (χ3n) is 4.52. The van der Waals surface area contributed by atoms with Crippen LogP contribution in [0.15, 0.2) is 42.5 Å². The largest absolute Gasteiger partial charge is 0.490 e. The zero-order valence-corrected chi connectivity index (χ0v) is 18.5. The van der Waals surface area contributed by atoms with E-state index >= 15 is 0 Å². The molecule has 2 N–H and O–H groups in total. The van der Waals surface area contributed by atoms with Crippen molar-refractivity contribution in [2.45, 2.75) is 46.5 Å². The highest BCUT2D eigenvalue weighted by Crippen LogP contribution is 2.28. The van der Waals surface area contributed by atoms with Crippen molar-refractivity contribution in [1.82, 2.24) is 5.32 Å². The highest BCUT2D eigenvalue weighted by Gasteiger charge is 2.16. The predicted octanol–water partition coefficient (Wildman–Crippen LogP) is 4.08. The standard InChI is InChI=1S/C24H32N2O4/c1-6-29-20-13-8-17(16-21(20)30-7-2)14-15-25-22(27)23(28)26-19-11-9-18(10-12-19)24(3,4)5/h8-13,16H,6-7,14-15H2,1-5H3,(H,25,27)(H,26,28). The quantitative estimate of drug-likeness (QED) is 0.641. The van der Waals surface area contributed by atoms with Gasteiger partial charge in [0.05, 0.1) is 13.2 Å². The van der Waals surface area contributed by atoms with Gasteiger partial charge in [-0.2, -0.15) is 0 Å². The summed E-state index contributed by atoms with van der Waals surface area (Å²) in [6.45, 7) is 11.6. The van der Waals surface area contributed by atoms with Crippen LogP contribution in [-0.2, 0) is 21.4 Å². The van der Waals surface area contributed by atoms with Crippen LogP contribution in [0, 0.1) is 0 Å². The number of hydrogen-bond acceptors (Lipinski definition) is 4. The maximum Gasteiger partial charge on any atom is 0.313 e. The summed E-state index contributed by atoms with van der Waals surface area (Å²) in [7, 11) is 0. The zero-order chi connectivity index (χ0) is 22.1. The van der Waals surface area contributed by atoms with Crippen molar-refractivity contribution >= 4 is 17.5 Å². The van der Waals surface area contributed by atoms with Crippen molar-refractivity contribution in [3.05, 3.63) is 53.6 Å². The van der Waals surface area contributed by atoms with Gasteiger partial charge in [-0.3, -0.25) is 9.59 Å². The van der Waals surface area contributed by atoms with E-state index in [0.29, 0.717) is 43.4 Å². The van der Waals surface area contributed by atoms with Crippen molar-refractivity contribution in [3.63, 3.8) is 0 Å². The second kappa shape index (κ2) is 10.7. The lowest BCUT2D eigenvalue weighted by atomic mass is 9.87. The van der Waals surface area contributed by atoms with Crippen molar-refractivity contribution < 1.29 is 19.1 Å². The van der Waals surface area contributed by atoms with Crippen LogP contribution >= 0.6 is 0 Å². The summed E-state index contributed by atoms with van der Waals surface area (Å²) < 4.78 is 11.2. The van der Waals surface area contributed by atoms with Gasteiger partial charge in [-0.05, 0) is 61.1 Å². The van der Waals surface area contributed by atoms with E-state index < -0.39 is 11.8 Å². The van der Waals surface area contributed by atoms with Gasteiger partial charge in [-0.25, -0.2) is 0 Å². The van der Waals surface area contributed by atoms with E-state index in [1.54, 1.807) is 12.1 Å². The fraction of sp³-hybridized carbons (Fsp3) is 0.417. The Labute approximate surface area is 179 Å². The molecule has 0 bridgehead atoms. The molecule has 6 nitrogen and oxygen atoms in total. The molecule has 2 amide bonds. The summed E-state index contributed by atoms with van der Waals surface area (Å²) in [4.78, 5) is 24.2. The molecule has 0 aliphatic rings. The maximum absolute atomic E-state index is 12.1. The van der Waals surface area contributed by atoms with E-state index in [0.717, 1.165) is 11.1 Å². The van der Waals surface area contributed by atoms with E-state index in [1.807, 2.05) is 44.2 Å². The number of carbonyl (C=O) groups is 2. The highest BCUT2D eigenvalue weighted by molar-refractivity contribution is 6.39. The van der Waals surface area contributed by atoms with Crippen LogP contribution in [0.2, 0.25) is 0 Å². The number of benzene rings is 2. The molecule has 0 fully saturated rings. The first kappa shape index (κ1) is 23.3. The molecule has 0 heterocycles.